The van der Waals surface area contributed by atoms with Gasteiger partial charge in [-0.05, 0) is 23.7 Å². The molecule has 1 N–H and O–H groups in total. The van der Waals surface area contributed by atoms with Crippen LogP contribution in [0.5, 0.6) is 0 Å². The van der Waals surface area contributed by atoms with Crippen molar-refractivity contribution >= 4 is 0 Å². The van der Waals surface area contributed by atoms with Crippen LogP contribution in [0.15, 0.2) is 54.6 Å². The van der Waals surface area contributed by atoms with E-state index in [2.05, 4.69) is 53.8 Å². The van der Waals surface area contributed by atoms with Crippen molar-refractivity contribution in [1.82, 2.24) is 5.32 Å². The van der Waals surface area contributed by atoms with Gasteiger partial charge in [-0.25, -0.2) is 0 Å². The molecule has 0 unspecified atom stereocenters. The van der Waals surface area contributed by atoms with E-state index in [0.29, 0.717) is 0 Å². The van der Waals surface area contributed by atoms with Gasteiger partial charge in [0.2, 0.25) is 0 Å². The Balaban J connectivity index is 1.90. The molecular formula is C16H17NO. The molecule has 18 heavy (non-hydrogen) atoms. The Labute approximate surface area is 108 Å². The second-order valence-electron chi connectivity index (χ2n) is 4.77. The van der Waals surface area contributed by atoms with Crippen molar-refractivity contribution in [3.63, 3.8) is 0 Å². The molecule has 92 valence electrons. The van der Waals surface area contributed by atoms with Crippen LogP contribution in [0.1, 0.15) is 5.56 Å². The maximum Gasteiger partial charge on any atom is 0.0906 e. The van der Waals surface area contributed by atoms with Crippen molar-refractivity contribution in [3.8, 4) is 11.1 Å². The Morgan fingerprint density at radius 3 is 2.00 bits per heavy atom. The average molecular weight is 239 g/mol. The number of ether oxygens (including phenoxy) is 1. The quantitative estimate of drug-likeness (QED) is 0.889. The van der Waals surface area contributed by atoms with Crippen molar-refractivity contribution < 1.29 is 4.74 Å². The summed E-state index contributed by atoms with van der Waals surface area (Å²) in [5.41, 5.74) is 3.84. The molecule has 0 spiro atoms. The summed E-state index contributed by atoms with van der Waals surface area (Å²) < 4.78 is 5.34. The van der Waals surface area contributed by atoms with E-state index in [0.717, 1.165) is 13.2 Å². The van der Waals surface area contributed by atoms with E-state index in [1.165, 1.54) is 16.7 Å². The van der Waals surface area contributed by atoms with Crippen LogP contribution >= 0.6 is 0 Å². The van der Waals surface area contributed by atoms with E-state index in [1.54, 1.807) is 0 Å². The molecule has 0 aliphatic carbocycles. The van der Waals surface area contributed by atoms with Crippen LogP contribution in [0, 0.1) is 0 Å². The molecular weight excluding hydrogens is 222 g/mol. The van der Waals surface area contributed by atoms with Gasteiger partial charge >= 0.3 is 0 Å². The lowest BCUT2D eigenvalue weighted by atomic mass is 9.87. The first kappa shape index (κ1) is 11.5. The van der Waals surface area contributed by atoms with Crippen LogP contribution < -0.4 is 5.32 Å². The van der Waals surface area contributed by atoms with Gasteiger partial charge in [0, 0.05) is 0 Å². The minimum Gasteiger partial charge on any atom is -0.377 e. The first-order valence-electron chi connectivity index (χ1n) is 6.27. The standard InChI is InChI=1S/C16H17NO/c1-17-16(11-18-12-16)15-9-7-14(8-10-15)13-5-3-2-4-6-13/h2-10,17H,11-12H2,1H3. The molecule has 1 fully saturated rings. The zero-order valence-corrected chi connectivity index (χ0v) is 10.5. The number of nitrogens with one attached hydrogen (secondary N) is 1. The Morgan fingerprint density at radius 1 is 0.889 bits per heavy atom. The lowest BCUT2D eigenvalue weighted by Crippen LogP contribution is -2.56. The zero-order valence-electron chi connectivity index (χ0n) is 10.5. The summed E-state index contributed by atoms with van der Waals surface area (Å²) >= 11 is 0. The second kappa shape index (κ2) is 4.56. The van der Waals surface area contributed by atoms with Crippen LogP contribution in [0.3, 0.4) is 0 Å². The fourth-order valence-corrected chi connectivity index (χ4v) is 2.37. The summed E-state index contributed by atoms with van der Waals surface area (Å²) in [6.45, 7) is 1.52. The zero-order chi connectivity index (χ0) is 12.4. The Morgan fingerprint density at radius 2 is 1.50 bits per heavy atom. The van der Waals surface area contributed by atoms with Crippen molar-refractivity contribution in [2.45, 2.75) is 5.54 Å². The number of hydrogen-bond acceptors (Lipinski definition) is 2. The van der Waals surface area contributed by atoms with Crippen LogP contribution in [0.4, 0.5) is 0 Å². The largest absolute Gasteiger partial charge is 0.377 e. The summed E-state index contributed by atoms with van der Waals surface area (Å²) in [4.78, 5) is 0. The first-order chi connectivity index (χ1) is 8.84. The SMILES string of the molecule is CNC1(c2ccc(-c3ccccc3)cc2)COC1. The minimum atomic E-state index is 0.0230. The van der Waals surface area contributed by atoms with Crippen LogP contribution in [-0.4, -0.2) is 20.3 Å². The third kappa shape index (κ3) is 1.84. The van der Waals surface area contributed by atoms with Crippen molar-refractivity contribution in [3.05, 3.63) is 60.2 Å². The van der Waals surface area contributed by atoms with Crippen LogP contribution in [-0.2, 0) is 10.3 Å². The molecule has 1 heterocycles. The molecule has 0 aromatic heterocycles. The van der Waals surface area contributed by atoms with Crippen molar-refractivity contribution in [2.24, 2.45) is 0 Å². The van der Waals surface area contributed by atoms with Gasteiger partial charge in [-0.3, -0.25) is 0 Å². The summed E-state index contributed by atoms with van der Waals surface area (Å²) in [6.07, 6.45) is 0. The maximum absolute atomic E-state index is 5.34. The van der Waals surface area contributed by atoms with E-state index in [9.17, 15) is 0 Å². The van der Waals surface area contributed by atoms with Gasteiger partial charge in [0.25, 0.3) is 0 Å². The highest BCUT2D eigenvalue weighted by atomic mass is 16.5. The highest BCUT2D eigenvalue weighted by Gasteiger charge is 2.38. The van der Waals surface area contributed by atoms with Crippen molar-refractivity contribution in [1.29, 1.82) is 0 Å². The van der Waals surface area contributed by atoms with Gasteiger partial charge in [0.05, 0.1) is 18.8 Å². The van der Waals surface area contributed by atoms with Crippen molar-refractivity contribution in [2.75, 3.05) is 20.3 Å². The molecule has 0 bridgehead atoms. The lowest BCUT2D eigenvalue weighted by Gasteiger charge is -2.41. The fraction of sp³-hybridized carbons (Fsp3) is 0.250. The van der Waals surface area contributed by atoms with E-state index < -0.39 is 0 Å². The monoisotopic (exact) mass is 239 g/mol. The Hall–Kier alpha value is -1.64. The van der Waals surface area contributed by atoms with Gasteiger partial charge in [-0.2, -0.15) is 0 Å². The minimum absolute atomic E-state index is 0.0230. The summed E-state index contributed by atoms with van der Waals surface area (Å²) in [5.74, 6) is 0. The molecule has 2 nitrogen and oxygen atoms in total. The second-order valence-corrected chi connectivity index (χ2v) is 4.77. The number of likely N-dealkylation sites (N-methyl/N-ethyl adjacent to an activating group) is 1. The van der Waals surface area contributed by atoms with Gasteiger partial charge in [-0.15, -0.1) is 0 Å². The summed E-state index contributed by atoms with van der Waals surface area (Å²) in [5, 5.41) is 3.37. The Bertz CT molecular complexity index is 509. The molecule has 3 rings (SSSR count). The average Bonchev–Trinajstić information content (AvgIpc) is 2.40. The predicted molar refractivity (Wildman–Crippen MR) is 73.4 cm³/mol. The smallest absolute Gasteiger partial charge is 0.0906 e. The third-order valence-electron chi connectivity index (χ3n) is 3.72. The maximum atomic E-state index is 5.34. The predicted octanol–water partition coefficient (Wildman–Crippen LogP) is 2.80. The molecule has 1 aliphatic heterocycles. The van der Waals surface area contributed by atoms with Crippen LogP contribution in [0.2, 0.25) is 0 Å². The number of rotatable bonds is 3. The molecule has 0 saturated carbocycles. The van der Waals surface area contributed by atoms with E-state index in [1.807, 2.05) is 13.1 Å². The third-order valence-corrected chi connectivity index (χ3v) is 3.72. The molecule has 0 amide bonds. The fourth-order valence-electron chi connectivity index (χ4n) is 2.37. The first-order valence-corrected chi connectivity index (χ1v) is 6.27. The van der Waals surface area contributed by atoms with Gasteiger partial charge < -0.3 is 10.1 Å². The lowest BCUT2D eigenvalue weighted by molar-refractivity contribution is -0.0747. The van der Waals surface area contributed by atoms with Gasteiger partial charge in [-0.1, -0.05) is 54.6 Å². The number of benzene rings is 2. The topological polar surface area (TPSA) is 21.3 Å². The summed E-state index contributed by atoms with van der Waals surface area (Å²) in [7, 11) is 1.99. The molecule has 0 radical (unpaired) electrons. The van der Waals surface area contributed by atoms with E-state index >= 15 is 0 Å². The van der Waals surface area contributed by atoms with E-state index in [-0.39, 0.29) is 5.54 Å². The normalized spacial score (nSPS) is 17.2. The molecule has 0 atom stereocenters. The Kier molecular flexibility index (Phi) is 2.90. The van der Waals surface area contributed by atoms with Gasteiger partial charge in [0.1, 0.15) is 0 Å². The van der Waals surface area contributed by atoms with E-state index in [4.69, 9.17) is 4.74 Å². The molecule has 1 aliphatic rings. The molecule has 2 aromatic carbocycles. The van der Waals surface area contributed by atoms with Crippen LogP contribution in [0.25, 0.3) is 11.1 Å². The molecule has 1 saturated heterocycles. The highest BCUT2D eigenvalue weighted by Crippen LogP contribution is 2.30. The molecule has 2 aromatic rings. The summed E-state index contributed by atoms with van der Waals surface area (Å²) in [6, 6.07) is 19.2. The highest BCUT2D eigenvalue weighted by molar-refractivity contribution is 5.63. The molecule has 2 heteroatoms. The van der Waals surface area contributed by atoms with Gasteiger partial charge in [0.15, 0.2) is 0 Å². The number of hydrogen-bond donors (Lipinski definition) is 1.